The molecule has 0 unspecified atom stereocenters. The Balaban J connectivity index is 1.50. The van der Waals surface area contributed by atoms with E-state index < -0.39 is 4.92 Å². The number of thioether (sulfide) groups is 1. The molecular formula is C23H16ClN3O4S. The fourth-order valence-corrected chi connectivity index (χ4v) is 3.88. The summed E-state index contributed by atoms with van der Waals surface area (Å²) in [6.45, 7) is 0.233. The predicted octanol–water partition coefficient (Wildman–Crippen LogP) is 5.72. The summed E-state index contributed by atoms with van der Waals surface area (Å²) in [4.78, 5) is 27.7. The van der Waals surface area contributed by atoms with Crippen molar-refractivity contribution in [2.45, 2.75) is 6.61 Å². The molecule has 1 fully saturated rings. The van der Waals surface area contributed by atoms with Gasteiger partial charge in [-0.2, -0.15) is 0 Å². The quantitative estimate of drug-likeness (QED) is 0.285. The maximum atomic E-state index is 12.4. The summed E-state index contributed by atoms with van der Waals surface area (Å²) < 4.78 is 5.90. The molecule has 1 saturated heterocycles. The standard InChI is InChI=1S/C23H16ClN3O4S/c24-18-6-2-3-7-19(18)25-23-26-22(28)21(32-23)13-16-5-1-4-8-20(16)31-14-15-9-11-17(12-10-15)27(29)30/h1-13H,14H2,(H,25,26,28)/b21-13-. The minimum absolute atomic E-state index is 0.0254. The van der Waals surface area contributed by atoms with E-state index in [-0.39, 0.29) is 18.2 Å². The van der Waals surface area contributed by atoms with Gasteiger partial charge in [-0.1, -0.05) is 41.9 Å². The van der Waals surface area contributed by atoms with Gasteiger partial charge < -0.3 is 10.1 Å². The molecule has 1 heterocycles. The number of ether oxygens (including phenoxy) is 1. The first-order chi connectivity index (χ1) is 15.5. The second-order valence-electron chi connectivity index (χ2n) is 6.68. The molecule has 0 bridgehead atoms. The van der Waals surface area contributed by atoms with Crippen LogP contribution in [0.4, 0.5) is 11.4 Å². The Morgan fingerprint density at radius 3 is 2.53 bits per heavy atom. The van der Waals surface area contributed by atoms with E-state index in [1.807, 2.05) is 30.3 Å². The molecule has 1 aliphatic rings. The van der Waals surface area contributed by atoms with Crippen molar-refractivity contribution in [2.24, 2.45) is 4.99 Å². The number of aliphatic imine (C=N–C) groups is 1. The molecule has 0 atom stereocenters. The lowest BCUT2D eigenvalue weighted by Gasteiger charge is -2.09. The molecule has 1 aliphatic heterocycles. The predicted molar refractivity (Wildman–Crippen MR) is 126 cm³/mol. The third-order valence-electron chi connectivity index (χ3n) is 4.47. The molecule has 0 saturated carbocycles. The van der Waals surface area contributed by atoms with Crippen molar-refractivity contribution in [1.82, 2.24) is 5.32 Å². The third-order valence-corrected chi connectivity index (χ3v) is 5.70. The Kier molecular flexibility index (Phi) is 6.53. The number of hydrogen-bond acceptors (Lipinski definition) is 6. The molecule has 4 rings (SSSR count). The van der Waals surface area contributed by atoms with Gasteiger partial charge in [0.25, 0.3) is 11.6 Å². The van der Waals surface area contributed by atoms with Crippen molar-refractivity contribution in [3.8, 4) is 5.75 Å². The molecule has 0 radical (unpaired) electrons. The van der Waals surface area contributed by atoms with Gasteiger partial charge in [-0.05, 0) is 53.7 Å². The second kappa shape index (κ2) is 9.67. The smallest absolute Gasteiger partial charge is 0.269 e. The van der Waals surface area contributed by atoms with Crippen LogP contribution in [0.3, 0.4) is 0 Å². The van der Waals surface area contributed by atoms with E-state index in [4.69, 9.17) is 16.3 Å². The van der Waals surface area contributed by atoms with E-state index in [0.717, 1.165) is 11.1 Å². The number of rotatable bonds is 6. The van der Waals surface area contributed by atoms with Crippen LogP contribution in [-0.4, -0.2) is 16.0 Å². The first-order valence-corrected chi connectivity index (χ1v) is 10.7. The molecule has 1 N–H and O–H groups in total. The zero-order chi connectivity index (χ0) is 22.5. The first-order valence-electron chi connectivity index (χ1n) is 9.49. The molecule has 0 aromatic heterocycles. The van der Waals surface area contributed by atoms with Crippen molar-refractivity contribution < 1.29 is 14.5 Å². The maximum absolute atomic E-state index is 12.4. The summed E-state index contributed by atoms with van der Waals surface area (Å²) >= 11 is 7.36. The van der Waals surface area contributed by atoms with Crippen LogP contribution in [0, 0.1) is 10.1 Å². The summed E-state index contributed by atoms with van der Waals surface area (Å²) in [7, 11) is 0. The van der Waals surface area contributed by atoms with Crippen LogP contribution in [0.1, 0.15) is 11.1 Å². The monoisotopic (exact) mass is 465 g/mol. The van der Waals surface area contributed by atoms with E-state index in [2.05, 4.69) is 10.3 Å². The van der Waals surface area contributed by atoms with Gasteiger partial charge in [-0.15, -0.1) is 0 Å². The summed E-state index contributed by atoms with van der Waals surface area (Å²) in [6.07, 6.45) is 1.74. The molecule has 0 aliphatic carbocycles. The lowest BCUT2D eigenvalue weighted by molar-refractivity contribution is -0.384. The number of nitro benzene ring substituents is 1. The van der Waals surface area contributed by atoms with Crippen molar-refractivity contribution in [2.75, 3.05) is 0 Å². The third kappa shape index (κ3) is 5.16. The fraction of sp³-hybridized carbons (Fsp3) is 0.0435. The van der Waals surface area contributed by atoms with Crippen molar-refractivity contribution in [3.63, 3.8) is 0 Å². The van der Waals surface area contributed by atoms with Crippen molar-refractivity contribution >= 4 is 51.9 Å². The number of nitro groups is 1. The molecule has 160 valence electrons. The summed E-state index contributed by atoms with van der Waals surface area (Å²) in [5.74, 6) is 0.328. The number of hydrogen-bond donors (Lipinski definition) is 1. The van der Waals surface area contributed by atoms with E-state index in [1.54, 1.807) is 36.4 Å². The average Bonchev–Trinajstić information content (AvgIpc) is 3.13. The van der Waals surface area contributed by atoms with Crippen LogP contribution in [0.5, 0.6) is 5.75 Å². The van der Waals surface area contributed by atoms with Gasteiger partial charge in [0.05, 0.1) is 20.5 Å². The van der Waals surface area contributed by atoms with Gasteiger partial charge in [-0.25, -0.2) is 4.99 Å². The topological polar surface area (TPSA) is 93.8 Å². The van der Waals surface area contributed by atoms with E-state index >= 15 is 0 Å². The molecule has 1 amide bonds. The SMILES string of the molecule is O=C1NC(=Nc2ccccc2Cl)S/C1=C\c1ccccc1OCc1ccc([N+](=O)[O-])cc1. The highest BCUT2D eigenvalue weighted by Crippen LogP contribution is 2.32. The maximum Gasteiger partial charge on any atom is 0.269 e. The fourth-order valence-electron chi connectivity index (χ4n) is 2.88. The molecule has 0 spiro atoms. The molecular weight excluding hydrogens is 450 g/mol. The Morgan fingerprint density at radius 1 is 1.06 bits per heavy atom. The highest BCUT2D eigenvalue weighted by atomic mass is 35.5. The number of halogens is 1. The molecule has 32 heavy (non-hydrogen) atoms. The van der Waals surface area contributed by atoms with Crippen LogP contribution >= 0.6 is 23.4 Å². The number of amidine groups is 1. The summed E-state index contributed by atoms with van der Waals surface area (Å²) in [5.41, 5.74) is 2.12. The molecule has 3 aromatic carbocycles. The Hall–Kier alpha value is -3.62. The van der Waals surface area contributed by atoms with Gasteiger partial charge in [0.2, 0.25) is 0 Å². The number of amides is 1. The zero-order valence-electron chi connectivity index (χ0n) is 16.5. The van der Waals surface area contributed by atoms with Crippen LogP contribution in [-0.2, 0) is 11.4 Å². The normalized spacial score (nSPS) is 15.7. The lowest BCUT2D eigenvalue weighted by Crippen LogP contribution is -2.19. The average molecular weight is 466 g/mol. The largest absolute Gasteiger partial charge is 0.488 e. The second-order valence-corrected chi connectivity index (χ2v) is 8.12. The van der Waals surface area contributed by atoms with E-state index in [0.29, 0.717) is 26.5 Å². The molecule has 9 heteroatoms. The minimum atomic E-state index is -0.445. The zero-order valence-corrected chi connectivity index (χ0v) is 18.1. The highest BCUT2D eigenvalue weighted by molar-refractivity contribution is 8.18. The van der Waals surface area contributed by atoms with Gasteiger partial charge >= 0.3 is 0 Å². The van der Waals surface area contributed by atoms with Gasteiger partial charge in [0.15, 0.2) is 5.17 Å². The van der Waals surface area contributed by atoms with Crippen LogP contribution in [0.15, 0.2) is 82.7 Å². The van der Waals surface area contributed by atoms with E-state index in [9.17, 15) is 14.9 Å². The number of non-ortho nitro benzene ring substituents is 1. The van der Waals surface area contributed by atoms with E-state index in [1.165, 1.54) is 23.9 Å². The van der Waals surface area contributed by atoms with Gasteiger partial charge in [0, 0.05) is 17.7 Å². The highest BCUT2D eigenvalue weighted by Gasteiger charge is 2.24. The van der Waals surface area contributed by atoms with Crippen LogP contribution < -0.4 is 10.1 Å². The van der Waals surface area contributed by atoms with Crippen LogP contribution in [0.2, 0.25) is 5.02 Å². The minimum Gasteiger partial charge on any atom is -0.488 e. The number of para-hydroxylation sites is 2. The van der Waals surface area contributed by atoms with Gasteiger partial charge in [-0.3, -0.25) is 14.9 Å². The Bertz CT molecular complexity index is 1240. The Morgan fingerprint density at radius 2 is 1.78 bits per heavy atom. The number of benzene rings is 3. The van der Waals surface area contributed by atoms with Crippen LogP contribution in [0.25, 0.3) is 6.08 Å². The number of carbonyl (C=O) groups excluding carboxylic acids is 1. The first kappa shape index (κ1) is 21.6. The number of carbonyl (C=O) groups is 1. The Labute approximate surface area is 192 Å². The summed E-state index contributed by atoms with van der Waals surface area (Å²) in [5, 5.41) is 14.5. The molecule has 3 aromatic rings. The van der Waals surface area contributed by atoms with Gasteiger partial charge in [0.1, 0.15) is 12.4 Å². The van der Waals surface area contributed by atoms with Crippen molar-refractivity contribution in [1.29, 1.82) is 0 Å². The molecule has 7 nitrogen and oxygen atoms in total. The lowest BCUT2D eigenvalue weighted by atomic mass is 10.1. The summed E-state index contributed by atoms with van der Waals surface area (Å²) in [6, 6.07) is 20.6. The number of nitrogens with zero attached hydrogens (tertiary/aromatic N) is 2. The number of nitrogens with one attached hydrogen (secondary N) is 1. The van der Waals surface area contributed by atoms with Crippen molar-refractivity contribution in [3.05, 3.63) is 104 Å².